The number of nitrogens with two attached hydrogens (primary N) is 1. The van der Waals surface area contributed by atoms with Crippen molar-refractivity contribution in [2.24, 2.45) is 5.84 Å². The van der Waals surface area contributed by atoms with Crippen molar-refractivity contribution in [3.63, 3.8) is 0 Å². The fraction of sp³-hybridized carbons (Fsp3) is 0. The summed E-state index contributed by atoms with van der Waals surface area (Å²) < 4.78 is 30.3. The Balaban J connectivity index is 2.43. The Morgan fingerprint density at radius 2 is 2.22 bits per heavy atom. The van der Waals surface area contributed by atoms with E-state index in [2.05, 4.69) is 45.9 Å². The van der Waals surface area contributed by atoms with Crippen LogP contribution in [0, 0.1) is 0 Å². The lowest BCUT2D eigenvalue weighted by Crippen LogP contribution is -2.18. The number of nitrogen functional groups attached to an aromatic ring is 1. The Labute approximate surface area is 114 Å². The summed E-state index contributed by atoms with van der Waals surface area (Å²) in [6.07, 6.45) is 1.42. The van der Waals surface area contributed by atoms with Gasteiger partial charge in [0.15, 0.2) is 5.82 Å². The summed E-state index contributed by atoms with van der Waals surface area (Å²) in [4.78, 5) is 3.73. The molecule has 0 spiro atoms. The van der Waals surface area contributed by atoms with Crippen molar-refractivity contribution in [1.29, 1.82) is 0 Å². The minimum absolute atomic E-state index is 0.0168. The van der Waals surface area contributed by atoms with Crippen LogP contribution in [0.4, 0.5) is 10.9 Å². The Morgan fingerprint density at radius 1 is 1.44 bits per heavy atom. The third kappa shape index (κ3) is 2.72. The number of halogens is 1. The monoisotopic (exact) mass is 351 g/mol. The molecule has 2 aromatic heterocycles. The topological polar surface area (TPSA) is 136 Å². The number of hydrogen-bond acceptors (Lipinski definition) is 9. The highest BCUT2D eigenvalue weighted by atomic mass is 79.9. The van der Waals surface area contributed by atoms with Crippen LogP contribution < -0.4 is 16.0 Å². The van der Waals surface area contributed by atoms with Crippen LogP contribution in [0.5, 0.6) is 0 Å². The van der Waals surface area contributed by atoms with Gasteiger partial charge in [-0.05, 0) is 27.2 Å². The first-order valence-corrected chi connectivity index (χ1v) is 7.38. The van der Waals surface area contributed by atoms with E-state index >= 15 is 0 Å². The van der Waals surface area contributed by atoms with E-state index in [0.717, 1.165) is 11.5 Å². The molecular weight excluding hydrogens is 346 g/mol. The van der Waals surface area contributed by atoms with Crippen molar-refractivity contribution in [3.05, 3.63) is 16.7 Å². The van der Waals surface area contributed by atoms with Crippen molar-refractivity contribution in [1.82, 2.24) is 19.8 Å². The highest BCUT2D eigenvalue weighted by Gasteiger charge is 2.21. The van der Waals surface area contributed by atoms with Crippen LogP contribution in [-0.4, -0.2) is 28.2 Å². The first-order chi connectivity index (χ1) is 8.53. The zero-order chi connectivity index (χ0) is 13.2. The predicted molar refractivity (Wildman–Crippen MR) is 68.3 cm³/mol. The van der Waals surface area contributed by atoms with Crippen LogP contribution in [0.25, 0.3) is 0 Å². The van der Waals surface area contributed by atoms with Crippen molar-refractivity contribution < 1.29 is 8.42 Å². The van der Waals surface area contributed by atoms with Gasteiger partial charge in [-0.25, -0.2) is 19.2 Å². The van der Waals surface area contributed by atoms with Gasteiger partial charge in [0.05, 0.1) is 0 Å². The average Bonchev–Trinajstić information content (AvgIpc) is 2.81. The number of sulfonamides is 1. The molecule has 2 aromatic rings. The molecule has 0 saturated heterocycles. The van der Waals surface area contributed by atoms with Gasteiger partial charge in [-0.15, -0.1) is 0 Å². The van der Waals surface area contributed by atoms with Crippen LogP contribution in [0.15, 0.2) is 21.6 Å². The summed E-state index contributed by atoms with van der Waals surface area (Å²) >= 11 is 3.95. The van der Waals surface area contributed by atoms with Crippen LogP contribution in [0.1, 0.15) is 0 Å². The number of nitrogens with one attached hydrogen (secondary N) is 2. The van der Waals surface area contributed by atoms with Gasteiger partial charge in [0.1, 0.15) is 4.90 Å². The lowest BCUT2D eigenvalue weighted by atomic mass is 10.5. The molecule has 4 N–H and O–H groups in total. The van der Waals surface area contributed by atoms with E-state index in [9.17, 15) is 8.42 Å². The minimum Gasteiger partial charge on any atom is -0.307 e. The zero-order valence-electron chi connectivity index (χ0n) is 8.53. The second kappa shape index (κ2) is 5.09. The van der Waals surface area contributed by atoms with E-state index in [0.29, 0.717) is 4.47 Å². The van der Waals surface area contributed by atoms with E-state index in [1.807, 2.05) is 0 Å². The predicted octanol–water partition coefficient (Wildman–Crippen LogP) is 0.177. The second-order valence-electron chi connectivity index (χ2n) is 2.92. The minimum atomic E-state index is -3.87. The molecule has 96 valence electrons. The molecule has 0 unspecified atom stereocenters. The molecule has 0 atom stereocenters. The molecule has 2 heterocycles. The Kier molecular flexibility index (Phi) is 3.70. The fourth-order valence-electron chi connectivity index (χ4n) is 1.08. The first-order valence-electron chi connectivity index (χ1n) is 4.33. The first kappa shape index (κ1) is 13.1. The fourth-order valence-corrected chi connectivity index (χ4v) is 3.29. The van der Waals surface area contributed by atoms with Gasteiger partial charge < -0.3 is 5.43 Å². The number of nitrogens with zero attached hydrogens (tertiary/aromatic N) is 4. The summed E-state index contributed by atoms with van der Waals surface area (Å²) in [7, 11) is -3.87. The SMILES string of the molecule is NNc1ncc(Br)cc1S(=O)(=O)Nc1nnns1. The van der Waals surface area contributed by atoms with Crippen LogP contribution >= 0.6 is 27.5 Å². The molecular formula is C6H6BrN7O2S2. The maximum absolute atomic E-state index is 12.1. The third-order valence-corrected chi connectivity index (χ3v) is 4.19. The van der Waals surface area contributed by atoms with E-state index in [1.54, 1.807) is 0 Å². The van der Waals surface area contributed by atoms with E-state index in [1.165, 1.54) is 12.3 Å². The second-order valence-corrected chi connectivity index (χ2v) is 6.22. The summed E-state index contributed by atoms with van der Waals surface area (Å²) in [5.41, 5.74) is 2.21. The van der Waals surface area contributed by atoms with Gasteiger partial charge in [-0.1, -0.05) is 9.59 Å². The van der Waals surface area contributed by atoms with Crippen molar-refractivity contribution >= 4 is 48.4 Å². The van der Waals surface area contributed by atoms with Gasteiger partial charge >= 0.3 is 0 Å². The van der Waals surface area contributed by atoms with Gasteiger partial charge in [0.25, 0.3) is 10.0 Å². The molecule has 0 aliphatic rings. The molecule has 12 heteroatoms. The molecule has 0 radical (unpaired) electrons. The highest BCUT2D eigenvalue weighted by molar-refractivity contribution is 9.10. The number of rotatable bonds is 4. The number of hydrazine groups is 1. The molecule has 0 saturated carbocycles. The smallest absolute Gasteiger partial charge is 0.267 e. The van der Waals surface area contributed by atoms with Gasteiger partial charge in [0.2, 0.25) is 5.13 Å². The highest BCUT2D eigenvalue weighted by Crippen LogP contribution is 2.24. The maximum Gasteiger partial charge on any atom is 0.267 e. The Morgan fingerprint density at radius 3 is 2.83 bits per heavy atom. The molecule has 0 aliphatic heterocycles. The number of aromatic nitrogens is 4. The van der Waals surface area contributed by atoms with E-state index in [-0.39, 0.29) is 15.8 Å². The molecule has 2 rings (SSSR count). The molecule has 18 heavy (non-hydrogen) atoms. The van der Waals surface area contributed by atoms with Gasteiger partial charge in [-0.3, -0.25) is 4.72 Å². The lowest BCUT2D eigenvalue weighted by Gasteiger charge is -2.09. The summed E-state index contributed by atoms with van der Waals surface area (Å²) in [5.74, 6) is 5.23. The molecule has 0 aliphatic carbocycles. The summed E-state index contributed by atoms with van der Waals surface area (Å²) in [5, 5.41) is 6.83. The van der Waals surface area contributed by atoms with Crippen molar-refractivity contribution in [3.8, 4) is 0 Å². The van der Waals surface area contributed by atoms with Crippen LogP contribution in [-0.2, 0) is 10.0 Å². The standard InChI is InChI=1S/C6H6BrN7O2S2/c7-3-1-4(5(10-8)9-2-3)18(15,16)12-6-11-13-14-17-6/h1-2H,8H2,(H,9,10)(H,11,12,14). The number of pyridine rings is 1. The van der Waals surface area contributed by atoms with E-state index < -0.39 is 10.0 Å². The molecule has 0 bridgehead atoms. The Bertz CT molecular complexity index is 644. The number of anilines is 2. The van der Waals surface area contributed by atoms with Gasteiger partial charge in [0, 0.05) is 22.2 Å². The molecule has 0 amide bonds. The van der Waals surface area contributed by atoms with E-state index in [4.69, 9.17) is 5.84 Å². The van der Waals surface area contributed by atoms with Crippen LogP contribution in [0.2, 0.25) is 0 Å². The van der Waals surface area contributed by atoms with Crippen LogP contribution in [0.3, 0.4) is 0 Å². The van der Waals surface area contributed by atoms with Gasteiger partial charge in [-0.2, -0.15) is 0 Å². The quantitative estimate of drug-likeness (QED) is 0.524. The lowest BCUT2D eigenvalue weighted by molar-refractivity contribution is 0.601. The molecule has 0 aromatic carbocycles. The Hall–Kier alpha value is -1.37. The maximum atomic E-state index is 12.1. The zero-order valence-corrected chi connectivity index (χ0v) is 11.8. The number of hydrogen-bond donors (Lipinski definition) is 3. The normalized spacial score (nSPS) is 11.2. The van der Waals surface area contributed by atoms with Crippen molar-refractivity contribution in [2.75, 3.05) is 10.1 Å². The molecule has 9 nitrogen and oxygen atoms in total. The third-order valence-electron chi connectivity index (χ3n) is 1.77. The average molecular weight is 352 g/mol. The molecule has 0 fully saturated rings. The summed E-state index contributed by atoms with van der Waals surface area (Å²) in [6.45, 7) is 0. The summed E-state index contributed by atoms with van der Waals surface area (Å²) in [6, 6.07) is 1.36. The largest absolute Gasteiger partial charge is 0.307 e. The van der Waals surface area contributed by atoms with Crippen molar-refractivity contribution in [2.45, 2.75) is 4.90 Å².